The fourth-order valence-electron chi connectivity index (χ4n) is 2.75. The molecule has 0 heterocycles. The highest BCUT2D eigenvalue weighted by Gasteiger charge is 2.10. The highest BCUT2D eigenvalue weighted by molar-refractivity contribution is 5.79. The van der Waals surface area contributed by atoms with Crippen molar-refractivity contribution in [3.05, 3.63) is 72.3 Å². The Bertz CT molecular complexity index is 902. The van der Waals surface area contributed by atoms with E-state index in [-0.39, 0.29) is 11.5 Å². The largest absolute Gasteiger partial charge is 0.506 e. The molecule has 0 atom stereocenters. The van der Waals surface area contributed by atoms with E-state index in [1.807, 2.05) is 18.2 Å². The van der Waals surface area contributed by atoms with E-state index in [1.165, 1.54) is 18.4 Å². The summed E-state index contributed by atoms with van der Waals surface area (Å²) in [6.07, 6.45) is 3.41. The Kier molecular flexibility index (Phi) is 5.64. The van der Waals surface area contributed by atoms with Crippen LogP contribution < -0.4 is 0 Å². The highest BCUT2D eigenvalue weighted by Crippen LogP contribution is 2.39. The van der Waals surface area contributed by atoms with Gasteiger partial charge in [0.15, 0.2) is 0 Å². The van der Waals surface area contributed by atoms with Crippen molar-refractivity contribution < 1.29 is 10.2 Å². The minimum atomic E-state index is 0.0495. The van der Waals surface area contributed by atoms with Crippen LogP contribution in [0.5, 0.6) is 11.5 Å². The van der Waals surface area contributed by atoms with Gasteiger partial charge in [-0.25, -0.2) is 0 Å². The Balaban J connectivity index is 1.94. The second kappa shape index (κ2) is 8.30. The maximum absolute atomic E-state index is 10.3. The summed E-state index contributed by atoms with van der Waals surface area (Å²) >= 11 is 0. The highest BCUT2D eigenvalue weighted by atomic mass is 16.3. The van der Waals surface area contributed by atoms with Gasteiger partial charge in [0.2, 0.25) is 0 Å². The van der Waals surface area contributed by atoms with Crippen molar-refractivity contribution in [2.45, 2.75) is 26.2 Å². The van der Waals surface area contributed by atoms with Gasteiger partial charge in [-0.2, -0.15) is 0 Å². The molecule has 132 valence electrons. The number of phenols is 2. The van der Waals surface area contributed by atoms with Crippen LogP contribution in [0.15, 0.2) is 77.0 Å². The third-order valence-corrected chi connectivity index (χ3v) is 4.24. The molecule has 0 amide bonds. The van der Waals surface area contributed by atoms with E-state index < -0.39 is 0 Å². The quantitative estimate of drug-likeness (QED) is 0.499. The Morgan fingerprint density at radius 2 is 1.50 bits per heavy atom. The van der Waals surface area contributed by atoms with E-state index in [0.29, 0.717) is 11.4 Å². The molecule has 26 heavy (non-hydrogen) atoms. The van der Waals surface area contributed by atoms with Gasteiger partial charge >= 0.3 is 0 Å². The fourth-order valence-corrected chi connectivity index (χ4v) is 2.75. The van der Waals surface area contributed by atoms with Crippen LogP contribution in [0.1, 0.15) is 25.3 Å². The van der Waals surface area contributed by atoms with Gasteiger partial charge in [0.05, 0.1) is 0 Å². The van der Waals surface area contributed by atoms with Gasteiger partial charge in [0.25, 0.3) is 0 Å². The third-order valence-electron chi connectivity index (χ3n) is 4.24. The third kappa shape index (κ3) is 4.09. The van der Waals surface area contributed by atoms with Gasteiger partial charge in [-0.05, 0) is 42.2 Å². The molecule has 3 aromatic carbocycles. The topological polar surface area (TPSA) is 65.2 Å². The first-order valence-electron chi connectivity index (χ1n) is 8.80. The summed E-state index contributed by atoms with van der Waals surface area (Å²) < 4.78 is 0. The van der Waals surface area contributed by atoms with Crippen molar-refractivity contribution >= 4 is 11.4 Å². The van der Waals surface area contributed by atoms with Crippen LogP contribution in [0.2, 0.25) is 0 Å². The molecule has 0 aliphatic carbocycles. The molecule has 4 nitrogen and oxygen atoms in total. The van der Waals surface area contributed by atoms with Gasteiger partial charge < -0.3 is 10.2 Å². The molecule has 0 unspecified atom stereocenters. The monoisotopic (exact) mass is 346 g/mol. The molecule has 0 spiro atoms. The molecular weight excluding hydrogens is 324 g/mol. The molecule has 2 N–H and O–H groups in total. The van der Waals surface area contributed by atoms with Crippen molar-refractivity contribution in [3.8, 4) is 22.6 Å². The number of hydrogen-bond donors (Lipinski definition) is 2. The second-order valence-electron chi connectivity index (χ2n) is 6.16. The summed E-state index contributed by atoms with van der Waals surface area (Å²) in [7, 11) is 0. The van der Waals surface area contributed by atoms with Crippen molar-refractivity contribution in [3.63, 3.8) is 0 Å². The molecule has 0 aromatic heterocycles. The number of aromatic hydroxyl groups is 2. The van der Waals surface area contributed by atoms with Crippen molar-refractivity contribution in [2.75, 3.05) is 0 Å². The molecule has 0 aliphatic heterocycles. The lowest BCUT2D eigenvalue weighted by atomic mass is 10.00. The SMILES string of the molecule is CCCCc1ccc(-c2cccc(O)c2N=Nc2ccccc2O)cc1. The summed E-state index contributed by atoms with van der Waals surface area (Å²) in [6, 6.07) is 20.3. The van der Waals surface area contributed by atoms with Gasteiger partial charge in [0.1, 0.15) is 22.9 Å². The molecule has 0 radical (unpaired) electrons. The van der Waals surface area contributed by atoms with Crippen molar-refractivity contribution in [2.24, 2.45) is 10.2 Å². The zero-order valence-corrected chi connectivity index (χ0v) is 14.8. The average molecular weight is 346 g/mol. The molecule has 0 saturated carbocycles. The predicted molar refractivity (Wildman–Crippen MR) is 104 cm³/mol. The van der Waals surface area contributed by atoms with E-state index in [1.54, 1.807) is 36.4 Å². The number of hydrogen-bond acceptors (Lipinski definition) is 4. The number of phenolic OH excluding ortho intramolecular Hbond substituents is 2. The van der Waals surface area contributed by atoms with E-state index in [4.69, 9.17) is 0 Å². The Hall–Kier alpha value is -3.14. The molecule has 0 bridgehead atoms. The zero-order valence-electron chi connectivity index (χ0n) is 14.8. The van der Waals surface area contributed by atoms with E-state index in [0.717, 1.165) is 17.5 Å². The van der Waals surface area contributed by atoms with Crippen LogP contribution in [0, 0.1) is 0 Å². The van der Waals surface area contributed by atoms with Crippen LogP contribution in [0.25, 0.3) is 11.1 Å². The molecule has 4 heteroatoms. The predicted octanol–water partition coefficient (Wildman–Crippen LogP) is 6.52. The average Bonchev–Trinajstić information content (AvgIpc) is 2.67. The van der Waals surface area contributed by atoms with Gasteiger partial charge in [0, 0.05) is 5.56 Å². The summed E-state index contributed by atoms with van der Waals surface area (Å²) in [4.78, 5) is 0. The first-order valence-corrected chi connectivity index (χ1v) is 8.80. The van der Waals surface area contributed by atoms with Crippen LogP contribution >= 0.6 is 0 Å². The minimum absolute atomic E-state index is 0.0495. The van der Waals surface area contributed by atoms with Crippen LogP contribution in [0.3, 0.4) is 0 Å². The lowest BCUT2D eigenvalue weighted by molar-refractivity contribution is 0.474. The molecular formula is C22H22N2O2. The molecule has 3 rings (SSSR count). The number of rotatable bonds is 6. The number of azo groups is 1. The Morgan fingerprint density at radius 3 is 2.23 bits per heavy atom. The number of nitrogens with zero attached hydrogens (tertiary/aromatic N) is 2. The molecule has 3 aromatic rings. The van der Waals surface area contributed by atoms with E-state index in [2.05, 4.69) is 29.3 Å². The van der Waals surface area contributed by atoms with Crippen molar-refractivity contribution in [1.82, 2.24) is 0 Å². The normalized spacial score (nSPS) is 11.1. The van der Waals surface area contributed by atoms with Crippen LogP contribution in [-0.4, -0.2) is 10.2 Å². The van der Waals surface area contributed by atoms with Gasteiger partial charge in [-0.3, -0.25) is 0 Å². The summed E-state index contributed by atoms with van der Waals surface area (Å²) in [5, 5.41) is 28.4. The van der Waals surface area contributed by atoms with E-state index >= 15 is 0 Å². The fraction of sp³-hybridized carbons (Fsp3) is 0.182. The zero-order chi connectivity index (χ0) is 18.4. The smallest absolute Gasteiger partial charge is 0.143 e. The van der Waals surface area contributed by atoms with Crippen LogP contribution in [0.4, 0.5) is 11.4 Å². The van der Waals surface area contributed by atoms with Crippen LogP contribution in [-0.2, 0) is 6.42 Å². The molecule has 0 saturated heterocycles. The summed E-state index contributed by atoms with van der Waals surface area (Å²) in [6.45, 7) is 2.18. The summed E-state index contributed by atoms with van der Waals surface area (Å²) in [5.41, 5.74) is 3.81. The first kappa shape index (κ1) is 17.7. The summed E-state index contributed by atoms with van der Waals surface area (Å²) in [5.74, 6) is 0.102. The Labute approximate surface area is 153 Å². The van der Waals surface area contributed by atoms with Gasteiger partial charge in [-0.1, -0.05) is 61.9 Å². The molecule has 0 aliphatic rings. The minimum Gasteiger partial charge on any atom is -0.506 e. The molecule has 0 fully saturated rings. The van der Waals surface area contributed by atoms with Gasteiger partial charge in [-0.15, -0.1) is 10.2 Å². The first-order chi connectivity index (χ1) is 12.7. The van der Waals surface area contributed by atoms with E-state index in [9.17, 15) is 10.2 Å². The Morgan fingerprint density at radius 1 is 0.769 bits per heavy atom. The second-order valence-corrected chi connectivity index (χ2v) is 6.16. The van der Waals surface area contributed by atoms with Crippen molar-refractivity contribution in [1.29, 1.82) is 0 Å². The standard InChI is InChI=1S/C22H22N2O2/c1-2-3-7-16-12-14-17(15-13-16)18-8-6-11-21(26)22(18)24-23-19-9-4-5-10-20(19)25/h4-6,8-15,25-26H,2-3,7H2,1H3. The number of unbranched alkanes of at least 4 members (excludes halogenated alkanes) is 1. The maximum Gasteiger partial charge on any atom is 0.143 e. The number of para-hydroxylation sites is 1. The lowest BCUT2D eigenvalue weighted by Crippen LogP contribution is -1.85. The lowest BCUT2D eigenvalue weighted by Gasteiger charge is -2.08. The number of benzene rings is 3. The maximum atomic E-state index is 10.3. The number of aryl methyl sites for hydroxylation is 1.